The number of hydrogen-bond donors (Lipinski definition) is 1. The maximum absolute atomic E-state index is 11.1. The van der Waals surface area contributed by atoms with Crippen molar-refractivity contribution < 1.29 is 14.8 Å². The van der Waals surface area contributed by atoms with Crippen molar-refractivity contribution in [2.24, 2.45) is 0 Å². The fraction of sp³-hybridized carbons (Fsp3) is 0.0769. The van der Waals surface area contributed by atoms with Gasteiger partial charge in [-0.3, -0.25) is 10.1 Å². The van der Waals surface area contributed by atoms with Crippen LogP contribution in [0.3, 0.4) is 0 Å². The predicted octanol–water partition coefficient (Wildman–Crippen LogP) is 3.74. The van der Waals surface area contributed by atoms with Crippen LogP contribution in [0.25, 0.3) is 0 Å². The standard InChI is InChI=1S/C13H9BrN2O4S/c14-11-6-9(16(19)20)4-3-8(11)7-21-12-10(13(17)18)2-1-5-15-12/h1-6H,7H2,(H,17,18). The molecule has 0 saturated heterocycles. The highest BCUT2D eigenvalue weighted by molar-refractivity contribution is 9.10. The molecule has 0 aliphatic heterocycles. The van der Waals surface area contributed by atoms with Gasteiger partial charge in [-0.05, 0) is 17.7 Å². The molecule has 0 aliphatic rings. The summed E-state index contributed by atoms with van der Waals surface area (Å²) in [6.45, 7) is 0. The Bertz CT molecular complexity index is 708. The second-order valence-electron chi connectivity index (χ2n) is 3.98. The molecule has 108 valence electrons. The lowest BCUT2D eigenvalue weighted by molar-refractivity contribution is -0.384. The van der Waals surface area contributed by atoms with Crippen LogP contribution in [0.1, 0.15) is 15.9 Å². The molecule has 1 heterocycles. The van der Waals surface area contributed by atoms with Gasteiger partial charge in [0.15, 0.2) is 0 Å². The van der Waals surface area contributed by atoms with Gasteiger partial charge < -0.3 is 5.11 Å². The van der Waals surface area contributed by atoms with Crippen molar-refractivity contribution in [1.29, 1.82) is 0 Å². The monoisotopic (exact) mass is 368 g/mol. The summed E-state index contributed by atoms with van der Waals surface area (Å²) in [4.78, 5) is 25.3. The van der Waals surface area contributed by atoms with Gasteiger partial charge in [-0.1, -0.05) is 22.0 Å². The molecular weight excluding hydrogens is 360 g/mol. The number of rotatable bonds is 5. The SMILES string of the molecule is O=C(O)c1cccnc1SCc1ccc([N+](=O)[O-])cc1Br. The summed E-state index contributed by atoms with van der Waals surface area (Å²) in [6.07, 6.45) is 1.53. The van der Waals surface area contributed by atoms with Gasteiger partial charge in [-0.2, -0.15) is 0 Å². The molecule has 0 saturated carbocycles. The van der Waals surface area contributed by atoms with Gasteiger partial charge in [0, 0.05) is 28.6 Å². The van der Waals surface area contributed by atoms with E-state index in [-0.39, 0.29) is 11.3 Å². The fourth-order valence-corrected chi connectivity index (χ4v) is 3.26. The van der Waals surface area contributed by atoms with Gasteiger partial charge in [0.25, 0.3) is 5.69 Å². The minimum Gasteiger partial charge on any atom is -0.478 e. The fourth-order valence-electron chi connectivity index (χ4n) is 1.58. The zero-order chi connectivity index (χ0) is 15.4. The molecule has 0 bridgehead atoms. The van der Waals surface area contributed by atoms with Crippen LogP contribution in [0.4, 0.5) is 5.69 Å². The van der Waals surface area contributed by atoms with Crippen molar-refractivity contribution in [2.75, 3.05) is 0 Å². The molecule has 21 heavy (non-hydrogen) atoms. The van der Waals surface area contributed by atoms with Gasteiger partial charge in [0.2, 0.25) is 0 Å². The molecule has 8 heteroatoms. The number of non-ortho nitro benzene ring substituents is 1. The van der Waals surface area contributed by atoms with E-state index >= 15 is 0 Å². The number of benzene rings is 1. The van der Waals surface area contributed by atoms with Crippen molar-refractivity contribution in [3.05, 3.63) is 62.2 Å². The summed E-state index contributed by atoms with van der Waals surface area (Å²) >= 11 is 4.55. The Kier molecular flexibility index (Phi) is 4.92. The predicted molar refractivity (Wildman–Crippen MR) is 81.6 cm³/mol. The van der Waals surface area contributed by atoms with Crippen molar-refractivity contribution in [3.8, 4) is 0 Å². The summed E-state index contributed by atoms with van der Waals surface area (Å²) in [5, 5.41) is 20.2. The smallest absolute Gasteiger partial charge is 0.338 e. The number of hydrogen-bond acceptors (Lipinski definition) is 5. The van der Waals surface area contributed by atoms with E-state index < -0.39 is 10.9 Å². The molecular formula is C13H9BrN2O4S. The summed E-state index contributed by atoms with van der Waals surface area (Å²) < 4.78 is 0.608. The first-order chi connectivity index (χ1) is 9.99. The highest BCUT2D eigenvalue weighted by Crippen LogP contribution is 2.30. The highest BCUT2D eigenvalue weighted by atomic mass is 79.9. The van der Waals surface area contributed by atoms with E-state index in [1.807, 2.05) is 0 Å². The third kappa shape index (κ3) is 3.79. The summed E-state index contributed by atoms with van der Waals surface area (Å²) in [6, 6.07) is 7.53. The number of carbonyl (C=O) groups is 1. The van der Waals surface area contributed by atoms with Crippen LogP contribution in [-0.2, 0) is 5.75 Å². The third-order valence-electron chi connectivity index (χ3n) is 2.61. The lowest BCUT2D eigenvalue weighted by atomic mass is 10.2. The number of pyridine rings is 1. The lowest BCUT2D eigenvalue weighted by Crippen LogP contribution is -2.00. The van der Waals surface area contributed by atoms with Crippen molar-refractivity contribution in [2.45, 2.75) is 10.8 Å². The van der Waals surface area contributed by atoms with Crippen LogP contribution >= 0.6 is 27.7 Å². The molecule has 0 amide bonds. The van der Waals surface area contributed by atoms with E-state index in [0.29, 0.717) is 15.3 Å². The summed E-state index contributed by atoms with van der Waals surface area (Å²) in [5.41, 5.74) is 0.966. The Morgan fingerprint density at radius 1 is 1.43 bits per heavy atom. The molecule has 2 rings (SSSR count). The molecule has 6 nitrogen and oxygen atoms in total. The Morgan fingerprint density at radius 3 is 2.81 bits per heavy atom. The first kappa shape index (κ1) is 15.5. The van der Waals surface area contributed by atoms with E-state index in [9.17, 15) is 14.9 Å². The number of nitrogens with zero attached hydrogens (tertiary/aromatic N) is 2. The van der Waals surface area contributed by atoms with Gasteiger partial charge in [-0.25, -0.2) is 9.78 Å². The number of nitro benzene ring substituents is 1. The molecule has 0 fully saturated rings. The van der Waals surface area contributed by atoms with E-state index in [0.717, 1.165) is 5.56 Å². The molecule has 0 aliphatic carbocycles. The van der Waals surface area contributed by atoms with Crippen LogP contribution in [0.15, 0.2) is 46.0 Å². The molecule has 0 unspecified atom stereocenters. The van der Waals surface area contributed by atoms with E-state index in [4.69, 9.17) is 5.11 Å². The number of halogens is 1. The van der Waals surface area contributed by atoms with E-state index in [1.54, 1.807) is 12.1 Å². The highest BCUT2D eigenvalue weighted by Gasteiger charge is 2.13. The van der Waals surface area contributed by atoms with Crippen LogP contribution in [0, 0.1) is 10.1 Å². The Morgan fingerprint density at radius 2 is 2.19 bits per heavy atom. The van der Waals surface area contributed by atoms with Crippen LogP contribution in [0.2, 0.25) is 0 Å². The van der Waals surface area contributed by atoms with Crippen LogP contribution < -0.4 is 0 Å². The Hall–Kier alpha value is -1.93. The van der Waals surface area contributed by atoms with E-state index in [2.05, 4.69) is 20.9 Å². The Labute approximate surface area is 132 Å². The van der Waals surface area contributed by atoms with Crippen molar-refractivity contribution in [1.82, 2.24) is 4.98 Å². The molecule has 1 aromatic heterocycles. The Balaban J connectivity index is 2.17. The maximum Gasteiger partial charge on any atom is 0.338 e. The summed E-state index contributed by atoms with van der Waals surface area (Å²) in [5.74, 6) is -0.580. The zero-order valence-electron chi connectivity index (χ0n) is 10.5. The molecule has 0 atom stereocenters. The van der Waals surface area contributed by atoms with Gasteiger partial charge >= 0.3 is 5.97 Å². The number of aromatic nitrogens is 1. The molecule has 1 N–H and O–H groups in total. The minimum absolute atomic E-state index is 0.000291. The molecule has 1 aromatic carbocycles. The van der Waals surface area contributed by atoms with Crippen molar-refractivity contribution in [3.63, 3.8) is 0 Å². The number of thioether (sulfide) groups is 1. The van der Waals surface area contributed by atoms with Gasteiger partial charge in [-0.15, -0.1) is 11.8 Å². The molecule has 0 spiro atoms. The summed E-state index contributed by atoms with van der Waals surface area (Å²) in [7, 11) is 0. The van der Waals surface area contributed by atoms with Crippen LogP contribution in [-0.4, -0.2) is 21.0 Å². The quantitative estimate of drug-likeness (QED) is 0.490. The van der Waals surface area contributed by atoms with E-state index in [1.165, 1.54) is 36.2 Å². The number of aromatic carboxylic acids is 1. The van der Waals surface area contributed by atoms with Crippen molar-refractivity contribution >= 4 is 39.3 Å². The second kappa shape index (κ2) is 6.68. The van der Waals surface area contributed by atoms with Crippen LogP contribution in [0.5, 0.6) is 0 Å². The average molecular weight is 369 g/mol. The minimum atomic E-state index is -1.03. The van der Waals surface area contributed by atoms with Gasteiger partial charge in [0.05, 0.1) is 10.5 Å². The maximum atomic E-state index is 11.1. The second-order valence-corrected chi connectivity index (χ2v) is 5.80. The first-order valence-corrected chi connectivity index (χ1v) is 7.51. The molecule has 0 radical (unpaired) electrons. The number of nitro groups is 1. The number of carboxylic acid groups (broad SMARTS) is 1. The first-order valence-electron chi connectivity index (χ1n) is 5.73. The lowest BCUT2D eigenvalue weighted by Gasteiger charge is -2.06. The zero-order valence-corrected chi connectivity index (χ0v) is 12.9. The average Bonchev–Trinajstić information content (AvgIpc) is 2.46. The third-order valence-corrected chi connectivity index (χ3v) is 4.41. The topological polar surface area (TPSA) is 93.3 Å². The molecule has 2 aromatic rings. The van der Waals surface area contributed by atoms with Gasteiger partial charge in [0.1, 0.15) is 5.03 Å². The largest absolute Gasteiger partial charge is 0.478 e. The number of carboxylic acids is 1. The normalized spacial score (nSPS) is 10.3.